The van der Waals surface area contributed by atoms with Crippen LogP contribution in [0.1, 0.15) is 0 Å². The van der Waals surface area contributed by atoms with Crippen molar-refractivity contribution in [3.63, 3.8) is 0 Å². The minimum atomic E-state index is -0.230. The minimum Gasteiger partial charge on any atom is -0.496 e. The molecule has 2 aromatic rings. The summed E-state index contributed by atoms with van der Waals surface area (Å²) in [7, 11) is 1.54. The van der Waals surface area contributed by atoms with Crippen LogP contribution in [0.3, 0.4) is 0 Å². The van der Waals surface area contributed by atoms with Gasteiger partial charge in [-0.15, -0.1) is 0 Å². The van der Waals surface area contributed by atoms with Crippen LogP contribution in [0.5, 0.6) is 5.75 Å². The van der Waals surface area contributed by atoms with E-state index in [0.29, 0.717) is 22.2 Å². The highest BCUT2D eigenvalue weighted by molar-refractivity contribution is 6.33. The fraction of sp³-hybridized carbons (Fsp3) is 0.0909. The highest BCUT2D eigenvalue weighted by Gasteiger charge is 2.11. The molecule has 16 heavy (non-hydrogen) atoms. The lowest BCUT2D eigenvalue weighted by Gasteiger charge is -2.08. The number of aromatic amines is 1. The first-order chi connectivity index (χ1) is 7.72. The second-order valence-corrected chi connectivity index (χ2v) is 3.51. The van der Waals surface area contributed by atoms with Crippen LogP contribution in [0.15, 0.2) is 35.3 Å². The molecule has 0 radical (unpaired) electrons. The maximum absolute atomic E-state index is 11.2. The van der Waals surface area contributed by atoms with E-state index in [9.17, 15) is 4.79 Å². The van der Waals surface area contributed by atoms with Gasteiger partial charge in [0.25, 0.3) is 5.56 Å². The number of hydrogen-bond donors (Lipinski definition) is 1. The molecule has 1 N–H and O–H groups in total. The Morgan fingerprint density at radius 3 is 2.88 bits per heavy atom. The summed E-state index contributed by atoms with van der Waals surface area (Å²) >= 11 is 6.05. The van der Waals surface area contributed by atoms with Crippen LogP contribution >= 0.6 is 11.6 Å². The molecule has 5 heteroatoms. The number of H-pyrrole nitrogens is 1. The first-order valence-electron chi connectivity index (χ1n) is 4.60. The van der Waals surface area contributed by atoms with E-state index in [1.807, 2.05) is 0 Å². The number of halogens is 1. The molecule has 0 saturated heterocycles. The Kier molecular flexibility index (Phi) is 2.92. The number of aromatic nitrogens is 2. The zero-order valence-corrected chi connectivity index (χ0v) is 9.28. The third-order valence-corrected chi connectivity index (χ3v) is 2.42. The highest BCUT2D eigenvalue weighted by atomic mass is 35.5. The Bertz CT molecular complexity index is 566. The molecule has 0 aliphatic heterocycles. The first kappa shape index (κ1) is 10.7. The van der Waals surface area contributed by atoms with Gasteiger partial charge >= 0.3 is 0 Å². The summed E-state index contributed by atoms with van der Waals surface area (Å²) in [5.74, 6) is 0.969. The molecular formula is C11H9ClN2O2. The van der Waals surface area contributed by atoms with Gasteiger partial charge in [0.05, 0.1) is 17.7 Å². The normalized spacial score (nSPS) is 10.1. The predicted octanol–water partition coefficient (Wildman–Crippen LogP) is 2.10. The fourth-order valence-corrected chi connectivity index (χ4v) is 1.66. The topological polar surface area (TPSA) is 55.0 Å². The lowest BCUT2D eigenvalue weighted by atomic mass is 10.2. The zero-order valence-electron chi connectivity index (χ0n) is 8.53. The molecule has 0 fully saturated rings. The molecule has 0 aliphatic rings. The van der Waals surface area contributed by atoms with E-state index in [2.05, 4.69) is 9.97 Å². The van der Waals surface area contributed by atoms with Crippen molar-refractivity contribution in [1.29, 1.82) is 0 Å². The summed E-state index contributed by atoms with van der Waals surface area (Å²) in [6, 6.07) is 6.58. The van der Waals surface area contributed by atoms with Crippen molar-refractivity contribution >= 4 is 11.6 Å². The summed E-state index contributed by atoms with van der Waals surface area (Å²) in [6.07, 6.45) is 1.43. The average Bonchev–Trinajstić information content (AvgIpc) is 2.28. The number of nitrogens with zero attached hydrogens (tertiary/aromatic N) is 1. The van der Waals surface area contributed by atoms with Crippen LogP contribution in [-0.4, -0.2) is 17.1 Å². The summed E-state index contributed by atoms with van der Waals surface area (Å²) in [5, 5.41) is 0.480. The average molecular weight is 237 g/mol. The molecule has 0 saturated carbocycles. The van der Waals surface area contributed by atoms with Crippen molar-refractivity contribution in [1.82, 2.24) is 9.97 Å². The van der Waals surface area contributed by atoms with Gasteiger partial charge in [-0.05, 0) is 12.1 Å². The highest BCUT2D eigenvalue weighted by Crippen LogP contribution is 2.33. The quantitative estimate of drug-likeness (QED) is 0.869. The Labute approximate surface area is 96.9 Å². The number of nitrogens with one attached hydrogen (secondary N) is 1. The third kappa shape index (κ3) is 1.92. The van der Waals surface area contributed by atoms with Crippen LogP contribution < -0.4 is 10.3 Å². The molecule has 0 atom stereocenters. The van der Waals surface area contributed by atoms with Gasteiger partial charge in [-0.1, -0.05) is 17.7 Å². The second kappa shape index (κ2) is 4.37. The molecular weight excluding hydrogens is 228 g/mol. The van der Waals surface area contributed by atoms with E-state index in [1.165, 1.54) is 19.4 Å². The van der Waals surface area contributed by atoms with E-state index in [0.717, 1.165) is 0 Å². The summed E-state index contributed by atoms with van der Waals surface area (Å²) < 4.78 is 5.17. The van der Waals surface area contributed by atoms with Crippen molar-refractivity contribution < 1.29 is 4.74 Å². The van der Waals surface area contributed by atoms with Gasteiger partial charge < -0.3 is 9.72 Å². The molecule has 0 aliphatic carbocycles. The fourth-order valence-electron chi connectivity index (χ4n) is 1.40. The van der Waals surface area contributed by atoms with Crippen LogP contribution in [0.4, 0.5) is 0 Å². The number of methoxy groups -OCH3 is 1. The van der Waals surface area contributed by atoms with Crippen molar-refractivity contribution in [3.8, 4) is 17.1 Å². The van der Waals surface area contributed by atoms with E-state index in [4.69, 9.17) is 16.3 Å². The van der Waals surface area contributed by atoms with Crippen molar-refractivity contribution in [3.05, 3.63) is 45.8 Å². The van der Waals surface area contributed by atoms with Crippen LogP contribution in [0.25, 0.3) is 11.4 Å². The van der Waals surface area contributed by atoms with Crippen LogP contribution in [0, 0.1) is 0 Å². The standard InChI is InChI=1S/C11H9ClN2O2/c1-16-8-4-2-3-7(12)10(8)11-13-6-5-9(15)14-11/h2-6H,1H3,(H,13,14,15). The molecule has 1 aromatic carbocycles. The van der Waals surface area contributed by atoms with Crippen molar-refractivity contribution in [2.45, 2.75) is 0 Å². The van der Waals surface area contributed by atoms with E-state index in [1.54, 1.807) is 18.2 Å². The van der Waals surface area contributed by atoms with Gasteiger partial charge in [-0.2, -0.15) is 0 Å². The molecule has 2 rings (SSSR count). The zero-order chi connectivity index (χ0) is 11.5. The molecule has 0 spiro atoms. The van der Waals surface area contributed by atoms with Crippen molar-refractivity contribution in [2.75, 3.05) is 7.11 Å². The maximum Gasteiger partial charge on any atom is 0.251 e. The monoisotopic (exact) mass is 236 g/mol. The van der Waals surface area contributed by atoms with Gasteiger partial charge in [-0.25, -0.2) is 4.98 Å². The summed E-state index contributed by atoms with van der Waals surface area (Å²) in [5.41, 5.74) is 0.358. The smallest absolute Gasteiger partial charge is 0.251 e. The Morgan fingerprint density at radius 2 is 2.19 bits per heavy atom. The third-order valence-electron chi connectivity index (χ3n) is 2.10. The Morgan fingerprint density at radius 1 is 1.38 bits per heavy atom. The molecule has 0 bridgehead atoms. The molecule has 82 valence electrons. The van der Waals surface area contributed by atoms with Gasteiger partial charge in [0.1, 0.15) is 11.6 Å². The van der Waals surface area contributed by atoms with Crippen LogP contribution in [-0.2, 0) is 0 Å². The molecule has 1 heterocycles. The summed E-state index contributed by atoms with van der Waals surface area (Å²) in [6.45, 7) is 0. The second-order valence-electron chi connectivity index (χ2n) is 3.10. The Balaban J connectivity index is 2.67. The Hall–Kier alpha value is -1.81. The van der Waals surface area contributed by atoms with Gasteiger partial charge in [0.15, 0.2) is 0 Å². The molecule has 0 unspecified atom stereocenters. The molecule has 1 aromatic heterocycles. The largest absolute Gasteiger partial charge is 0.496 e. The van der Waals surface area contributed by atoms with Gasteiger partial charge in [0, 0.05) is 12.3 Å². The lowest BCUT2D eigenvalue weighted by Crippen LogP contribution is -2.06. The summed E-state index contributed by atoms with van der Waals surface area (Å²) in [4.78, 5) is 17.9. The molecule has 0 amide bonds. The maximum atomic E-state index is 11.2. The van der Waals surface area contributed by atoms with E-state index in [-0.39, 0.29) is 5.56 Å². The van der Waals surface area contributed by atoms with Gasteiger partial charge in [0.2, 0.25) is 0 Å². The van der Waals surface area contributed by atoms with E-state index >= 15 is 0 Å². The predicted molar refractivity (Wildman–Crippen MR) is 61.9 cm³/mol. The number of hydrogen-bond acceptors (Lipinski definition) is 3. The first-order valence-corrected chi connectivity index (χ1v) is 4.98. The van der Waals surface area contributed by atoms with E-state index < -0.39 is 0 Å². The van der Waals surface area contributed by atoms with Crippen molar-refractivity contribution in [2.24, 2.45) is 0 Å². The SMILES string of the molecule is COc1cccc(Cl)c1-c1nccc(=O)[nH]1. The number of ether oxygens (including phenoxy) is 1. The van der Waals surface area contributed by atoms with Gasteiger partial charge in [-0.3, -0.25) is 4.79 Å². The number of rotatable bonds is 2. The molecule has 4 nitrogen and oxygen atoms in total. The van der Waals surface area contributed by atoms with Crippen LogP contribution in [0.2, 0.25) is 5.02 Å². The lowest BCUT2D eigenvalue weighted by molar-refractivity contribution is 0.416. The minimum absolute atomic E-state index is 0.230. The number of benzene rings is 1.